The van der Waals surface area contributed by atoms with E-state index in [2.05, 4.69) is 42.5 Å². The lowest BCUT2D eigenvalue weighted by Crippen LogP contribution is -2.02. The molecule has 82 valence electrons. The van der Waals surface area contributed by atoms with Crippen LogP contribution in [0, 0.1) is 10.8 Å². The van der Waals surface area contributed by atoms with E-state index >= 15 is 0 Å². The Hall–Kier alpha value is -0.860. The molecule has 1 aromatic heterocycles. The van der Waals surface area contributed by atoms with E-state index in [1.54, 1.807) is 0 Å². The third kappa shape index (κ3) is 1.06. The smallest absolute Gasteiger partial charge is 0.137 e. The second-order valence-electron chi connectivity index (χ2n) is 6.20. The molecule has 1 heterocycles. The van der Waals surface area contributed by atoms with Crippen LogP contribution in [0.25, 0.3) is 0 Å². The van der Waals surface area contributed by atoms with Crippen LogP contribution in [0.3, 0.4) is 0 Å². The van der Waals surface area contributed by atoms with Crippen LogP contribution in [0.5, 0.6) is 0 Å². The van der Waals surface area contributed by atoms with Gasteiger partial charge in [0.05, 0.1) is 0 Å². The third-order valence-electron chi connectivity index (χ3n) is 4.82. The van der Waals surface area contributed by atoms with Gasteiger partial charge in [-0.3, -0.25) is 0 Å². The molecule has 0 N–H and O–H groups in total. The van der Waals surface area contributed by atoms with Crippen LogP contribution in [0.2, 0.25) is 0 Å². The molecule has 0 aromatic carbocycles. The second kappa shape index (κ2) is 2.45. The van der Waals surface area contributed by atoms with Gasteiger partial charge in [-0.2, -0.15) is 0 Å². The van der Waals surface area contributed by atoms with E-state index in [9.17, 15) is 0 Å². The van der Waals surface area contributed by atoms with Gasteiger partial charge in [-0.1, -0.05) is 27.7 Å². The molecule has 0 saturated heterocycles. The van der Waals surface area contributed by atoms with Gasteiger partial charge in [0.15, 0.2) is 0 Å². The van der Waals surface area contributed by atoms with E-state index in [0.29, 0.717) is 22.8 Å². The maximum absolute atomic E-state index is 4.34. The molecule has 3 heteroatoms. The molecule has 15 heavy (non-hydrogen) atoms. The molecule has 0 radical (unpaired) electrons. The van der Waals surface area contributed by atoms with Crippen molar-refractivity contribution in [3.8, 4) is 0 Å². The number of hydrogen-bond acceptors (Lipinski definition) is 2. The molecule has 0 amide bonds. The minimum absolute atomic E-state index is 0.368. The van der Waals surface area contributed by atoms with Crippen LogP contribution >= 0.6 is 0 Å². The summed E-state index contributed by atoms with van der Waals surface area (Å²) in [5, 5.41) is 8.43. The van der Waals surface area contributed by atoms with Crippen molar-refractivity contribution in [2.45, 2.75) is 52.5 Å². The molecular formula is C12H19N3. The van der Waals surface area contributed by atoms with Crippen molar-refractivity contribution in [1.29, 1.82) is 0 Å². The Balaban J connectivity index is 1.98. The third-order valence-corrected chi connectivity index (χ3v) is 4.82. The number of aromatic nitrogens is 3. The summed E-state index contributed by atoms with van der Waals surface area (Å²) in [6, 6.07) is 0.696. The maximum atomic E-state index is 4.34. The molecule has 2 aliphatic carbocycles. The first-order chi connectivity index (χ1) is 6.96. The highest BCUT2D eigenvalue weighted by Gasteiger charge is 2.67. The van der Waals surface area contributed by atoms with Crippen LogP contribution in [0.4, 0.5) is 0 Å². The van der Waals surface area contributed by atoms with Gasteiger partial charge in [0.25, 0.3) is 0 Å². The zero-order chi connectivity index (χ0) is 10.8. The summed E-state index contributed by atoms with van der Waals surface area (Å²) >= 11 is 0. The van der Waals surface area contributed by atoms with Gasteiger partial charge in [-0.05, 0) is 23.7 Å². The molecule has 0 spiro atoms. The lowest BCUT2D eigenvalue weighted by atomic mass is 10.0. The largest absolute Gasteiger partial charge is 0.314 e. The Morgan fingerprint density at radius 1 is 1.20 bits per heavy atom. The van der Waals surface area contributed by atoms with Crippen molar-refractivity contribution in [2.24, 2.45) is 10.8 Å². The SMILES string of the molecule is CC1(C)C(c2nncn2C2CC2)C1(C)C. The molecule has 3 nitrogen and oxygen atoms in total. The van der Waals surface area contributed by atoms with Gasteiger partial charge in [-0.15, -0.1) is 10.2 Å². The standard InChI is InChI=1S/C12H19N3/c1-11(2)9(12(11,3)4)10-14-13-7-15(10)8-5-6-8/h7-9H,5-6H2,1-4H3. The fourth-order valence-electron chi connectivity index (χ4n) is 2.93. The molecule has 0 unspecified atom stereocenters. The summed E-state index contributed by atoms with van der Waals surface area (Å²) in [5.41, 5.74) is 0.735. The van der Waals surface area contributed by atoms with Crippen LogP contribution in [0.15, 0.2) is 6.33 Å². The zero-order valence-electron chi connectivity index (χ0n) is 9.99. The van der Waals surface area contributed by atoms with Gasteiger partial charge in [-0.25, -0.2) is 0 Å². The first kappa shape index (κ1) is 9.37. The lowest BCUT2D eigenvalue weighted by molar-refractivity contribution is 0.457. The van der Waals surface area contributed by atoms with Crippen molar-refractivity contribution in [1.82, 2.24) is 14.8 Å². The first-order valence-electron chi connectivity index (χ1n) is 5.85. The average Bonchev–Trinajstić information content (AvgIpc) is 2.96. The van der Waals surface area contributed by atoms with Gasteiger partial charge in [0.2, 0.25) is 0 Å². The zero-order valence-corrected chi connectivity index (χ0v) is 9.99. The highest BCUT2D eigenvalue weighted by atomic mass is 15.3. The quantitative estimate of drug-likeness (QED) is 0.743. The summed E-state index contributed by atoms with van der Waals surface area (Å²) in [7, 11) is 0. The van der Waals surface area contributed by atoms with Crippen molar-refractivity contribution in [3.63, 3.8) is 0 Å². The normalized spacial score (nSPS) is 28.0. The van der Waals surface area contributed by atoms with E-state index in [-0.39, 0.29) is 0 Å². The number of hydrogen-bond donors (Lipinski definition) is 0. The highest BCUT2D eigenvalue weighted by molar-refractivity contribution is 5.27. The predicted octanol–water partition coefficient (Wildman–Crippen LogP) is 2.76. The van der Waals surface area contributed by atoms with E-state index in [0.717, 1.165) is 0 Å². The van der Waals surface area contributed by atoms with Crippen LogP contribution in [0.1, 0.15) is 58.3 Å². The van der Waals surface area contributed by atoms with Gasteiger partial charge in [0, 0.05) is 12.0 Å². The van der Waals surface area contributed by atoms with E-state index in [1.807, 2.05) is 6.33 Å². The van der Waals surface area contributed by atoms with Crippen molar-refractivity contribution in [3.05, 3.63) is 12.2 Å². The van der Waals surface area contributed by atoms with Crippen LogP contribution in [-0.2, 0) is 0 Å². The van der Waals surface area contributed by atoms with Crippen LogP contribution < -0.4 is 0 Å². The average molecular weight is 205 g/mol. The maximum Gasteiger partial charge on any atom is 0.137 e. The minimum atomic E-state index is 0.368. The first-order valence-corrected chi connectivity index (χ1v) is 5.85. The second-order valence-corrected chi connectivity index (χ2v) is 6.20. The summed E-state index contributed by atoms with van der Waals surface area (Å²) in [6.45, 7) is 9.35. The van der Waals surface area contributed by atoms with Crippen molar-refractivity contribution >= 4 is 0 Å². The Morgan fingerprint density at radius 2 is 1.80 bits per heavy atom. The fourth-order valence-corrected chi connectivity index (χ4v) is 2.93. The van der Waals surface area contributed by atoms with E-state index < -0.39 is 0 Å². The van der Waals surface area contributed by atoms with Gasteiger partial charge >= 0.3 is 0 Å². The van der Waals surface area contributed by atoms with Crippen LogP contribution in [-0.4, -0.2) is 14.8 Å². The Kier molecular flexibility index (Phi) is 1.53. The lowest BCUT2D eigenvalue weighted by Gasteiger charge is -2.05. The Bertz CT molecular complexity index is 385. The monoisotopic (exact) mass is 205 g/mol. The molecule has 0 atom stereocenters. The predicted molar refractivity (Wildman–Crippen MR) is 58.6 cm³/mol. The molecule has 2 fully saturated rings. The Morgan fingerprint density at radius 3 is 2.27 bits per heavy atom. The minimum Gasteiger partial charge on any atom is -0.314 e. The summed E-state index contributed by atoms with van der Waals surface area (Å²) in [6.07, 6.45) is 4.52. The molecule has 2 aliphatic rings. The topological polar surface area (TPSA) is 30.7 Å². The summed E-state index contributed by atoms with van der Waals surface area (Å²) in [5.74, 6) is 1.79. The van der Waals surface area contributed by atoms with Crippen molar-refractivity contribution < 1.29 is 0 Å². The molecule has 0 bridgehead atoms. The highest BCUT2D eigenvalue weighted by Crippen LogP contribution is 2.73. The molecule has 2 saturated carbocycles. The number of rotatable bonds is 2. The van der Waals surface area contributed by atoms with E-state index in [1.165, 1.54) is 18.7 Å². The fraction of sp³-hybridized carbons (Fsp3) is 0.833. The Labute approximate surface area is 90.9 Å². The van der Waals surface area contributed by atoms with Gasteiger partial charge in [0.1, 0.15) is 12.2 Å². The summed E-state index contributed by atoms with van der Waals surface area (Å²) < 4.78 is 2.31. The van der Waals surface area contributed by atoms with Crippen molar-refractivity contribution in [2.75, 3.05) is 0 Å². The molecule has 3 rings (SSSR count). The van der Waals surface area contributed by atoms with Gasteiger partial charge < -0.3 is 4.57 Å². The number of nitrogens with zero attached hydrogens (tertiary/aromatic N) is 3. The summed E-state index contributed by atoms with van der Waals surface area (Å²) in [4.78, 5) is 0. The molecular weight excluding hydrogens is 186 g/mol. The van der Waals surface area contributed by atoms with E-state index in [4.69, 9.17) is 0 Å². The molecule has 1 aromatic rings. The molecule has 0 aliphatic heterocycles.